The van der Waals surface area contributed by atoms with Crippen molar-refractivity contribution in [2.24, 2.45) is 0 Å². The summed E-state index contributed by atoms with van der Waals surface area (Å²) < 4.78 is 0. The molecule has 4 heterocycles. The maximum absolute atomic E-state index is 2.56. The topological polar surface area (TPSA) is 13.0 Å². The molecule has 0 bridgehead atoms. The van der Waals surface area contributed by atoms with Crippen molar-refractivity contribution in [1.82, 2.24) is 9.80 Å². The van der Waals surface area contributed by atoms with Crippen LogP contribution in [0.15, 0.2) is 122 Å². The summed E-state index contributed by atoms with van der Waals surface area (Å²) in [6.07, 6.45) is 13.4. The minimum Gasteiger partial charge on any atom is -0.366 e. The van der Waals surface area contributed by atoms with Gasteiger partial charge < -0.3 is 14.7 Å². The maximum Gasteiger partial charge on any atom is 0.0600 e. The van der Waals surface area contributed by atoms with Gasteiger partial charge in [0.1, 0.15) is 0 Å². The molecule has 330 valence electrons. The van der Waals surface area contributed by atoms with Crippen LogP contribution in [0.5, 0.6) is 0 Å². The zero-order chi connectivity index (χ0) is 44.2. The molecule has 8 rings (SSSR count). The largest absolute Gasteiger partial charge is 0.366 e. The third-order valence-electron chi connectivity index (χ3n) is 12.8. The number of rotatable bonds is 4. The molecule has 0 atom stereocenters. The molecule has 0 N–H and O–H groups in total. The van der Waals surface area contributed by atoms with E-state index in [0.717, 1.165) is 6.54 Å². The SMILES string of the molecule is CC(C)N1C=CC(C)(C)c2ccccc21.CC(C)N1C=Cc2ccccc2C1(C)C.CC(C)N1Cc2ccccc2C(C)(C)C1.CC(C)N1c2ccccc2C=CC1(C)C.[2HH].[2HH].[2HH].[2HH]. The molecule has 0 unspecified atom stereocenters. The summed E-state index contributed by atoms with van der Waals surface area (Å²) >= 11 is 0. The minimum atomic E-state index is 0. The lowest BCUT2D eigenvalue weighted by atomic mass is 9.78. The van der Waals surface area contributed by atoms with Crippen molar-refractivity contribution in [3.05, 3.63) is 155 Å². The molecule has 4 aromatic rings. The van der Waals surface area contributed by atoms with E-state index in [0.29, 0.717) is 29.6 Å². The third-order valence-corrected chi connectivity index (χ3v) is 12.8. The van der Waals surface area contributed by atoms with E-state index in [1.807, 2.05) is 0 Å². The van der Waals surface area contributed by atoms with Gasteiger partial charge in [0.05, 0.1) is 11.1 Å². The first-order valence-corrected chi connectivity index (χ1v) is 22.6. The fourth-order valence-corrected chi connectivity index (χ4v) is 9.66. The average molecular weight is 819 g/mol. The van der Waals surface area contributed by atoms with Gasteiger partial charge >= 0.3 is 0 Å². The Labute approximate surface area is 372 Å². The van der Waals surface area contributed by atoms with Gasteiger partial charge in [-0.3, -0.25) is 4.90 Å². The predicted octanol–water partition coefficient (Wildman–Crippen LogP) is 15.2. The Kier molecular flexibility index (Phi) is 14.4. The third kappa shape index (κ3) is 10.3. The number of allylic oxidation sites excluding steroid dienone is 1. The van der Waals surface area contributed by atoms with Crippen molar-refractivity contribution in [3.63, 3.8) is 0 Å². The van der Waals surface area contributed by atoms with E-state index in [-0.39, 0.29) is 22.2 Å². The molecule has 0 aromatic heterocycles. The molecule has 0 radical (unpaired) electrons. The highest BCUT2D eigenvalue weighted by Crippen LogP contribution is 2.40. The fourth-order valence-electron chi connectivity index (χ4n) is 9.66. The molecule has 4 aliphatic rings. The van der Waals surface area contributed by atoms with Crippen LogP contribution in [0.2, 0.25) is 0 Å². The van der Waals surface area contributed by atoms with Gasteiger partial charge in [0.2, 0.25) is 0 Å². The Morgan fingerprint density at radius 1 is 0.500 bits per heavy atom. The van der Waals surface area contributed by atoms with Crippen molar-refractivity contribution in [3.8, 4) is 0 Å². The summed E-state index contributed by atoms with van der Waals surface area (Å²) in [6, 6.07) is 37.0. The number of hydrogen-bond donors (Lipinski definition) is 0. The maximum atomic E-state index is 2.56. The smallest absolute Gasteiger partial charge is 0.0600 e. The molecule has 4 aliphatic heterocycles. The lowest BCUT2D eigenvalue weighted by Crippen LogP contribution is -2.48. The van der Waals surface area contributed by atoms with E-state index < -0.39 is 0 Å². The van der Waals surface area contributed by atoms with E-state index in [2.05, 4.69) is 264 Å². The van der Waals surface area contributed by atoms with Crippen molar-refractivity contribution < 1.29 is 5.71 Å². The summed E-state index contributed by atoms with van der Waals surface area (Å²) in [5, 5.41) is 0. The number of fused-ring (bicyclic) bond motifs is 4. The standard InChI is InChI=1S/C14H21N.3C14H19N.4H2/c1-11(2)15-9-12-7-5-6-8-13(12)14(3,4)10-15;1-11(2)15-10-9-14(3,4)12-7-5-6-8-13(12)15;1-11(2)15-10-9-12-7-5-6-8-13(12)14(15,3)4;1-11(2)15-13-8-6-5-7-12(13)9-10-14(15,3)4;;;;/h5-8,11H,9-10H2,1-4H3;3*5-11H,1-4H3;4*1H/i;;;;4*1+1. The van der Waals surface area contributed by atoms with Crippen molar-refractivity contribution in [2.75, 3.05) is 16.3 Å². The van der Waals surface area contributed by atoms with E-state index >= 15 is 0 Å². The molecule has 0 amide bonds. The van der Waals surface area contributed by atoms with Crippen molar-refractivity contribution >= 4 is 23.5 Å². The zero-order valence-electron chi connectivity index (χ0n) is 40.2. The molecule has 0 saturated carbocycles. The van der Waals surface area contributed by atoms with E-state index in [9.17, 15) is 0 Å². The predicted molar refractivity (Wildman–Crippen MR) is 272 cm³/mol. The fraction of sp³-hybridized carbons (Fsp3) is 0.464. The molecule has 4 nitrogen and oxygen atoms in total. The highest BCUT2D eigenvalue weighted by molar-refractivity contribution is 5.74. The molecule has 4 aromatic carbocycles. The second kappa shape index (κ2) is 18.6. The molecule has 60 heavy (non-hydrogen) atoms. The molecular weight excluding hydrogens is 729 g/mol. The van der Waals surface area contributed by atoms with Gasteiger partial charge in [0.15, 0.2) is 0 Å². The molecule has 0 saturated heterocycles. The summed E-state index contributed by atoms with van der Waals surface area (Å²) in [4.78, 5) is 9.78. The highest BCUT2D eigenvalue weighted by atomic mass is 15.2. The van der Waals surface area contributed by atoms with Crippen molar-refractivity contribution in [1.29, 1.82) is 0 Å². The normalized spacial score (nSPS) is 18.6. The second-order valence-electron chi connectivity index (χ2n) is 20.6. The first-order chi connectivity index (χ1) is 28.1. The lowest BCUT2D eigenvalue weighted by Gasteiger charge is -2.44. The van der Waals surface area contributed by atoms with Gasteiger partial charge in [-0.2, -0.15) is 0 Å². The van der Waals surface area contributed by atoms with Gasteiger partial charge in [-0.05, 0) is 135 Å². The van der Waals surface area contributed by atoms with Gasteiger partial charge in [0, 0.05) is 77.6 Å². The van der Waals surface area contributed by atoms with E-state index in [1.165, 1.54) is 51.3 Å². The molecule has 4 heteroatoms. The van der Waals surface area contributed by atoms with Gasteiger partial charge in [-0.1, -0.05) is 131 Å². The first-order valence-electron chi connectivity index (χ1n) is 22.6. The minimum absolute atomic E-state index is 0. The number of hydrogen-bond acceptors (Lipinski definition) is 4. The Balaban J connectivity index is 0.000000418. The van der Waals surface area contributed by atoms with Crippen LogP contribution in [0, 0.1) is 0 Å². The van der Waals surface area contributed by atoms with Gasteiger partial charge in [0.25, 0.3) is 0 Å². The Morgan fingerprint density at radius 3 is 1.65 bits per heavy atom. The summed E-state index contributed by atoms with van der Waals surface area (Å²) in [5.41, 5.74) is 11.9. The first kappa shape index (κ1) is 46.5. The number of para-hydroxylation sites is 2. The second-order valence-corrected chi connectivity index (χ2v) is 20.6. The van der Waals surface area contributed by atoms with Crippen molar-refractivity contribution in [2.45, 2.75) is 163 Å². The molecule has 0 spiro atoms. The van der Waals surface area contributed by atoms with E-state index in [1.54, 1.807) is 0 Å². The van der Waals surface area contributed by atoms with Crippen LogP contribution in [0.3, 0.4) is 0 Å². The van der Waals surface area contributed by atoms with Crippen LogP contribution in [-0.4, -0.2) is 46.1 Å². The number of nitrogens with zero attached hydrogens (tertiary/aromatic N) is 4. The number of anilines is 2. The Bertz CT molecular complexity index is 2150. The van der Waals surface area contributed by atoms with Crippen LogP contribution in [-0.2, 0) is 22.9 Å². The molecule has 0 fully saturated rings. The average Bonchev–Trinajstić information content (AvgIpc) is 3.18. The quantitative estimate of drug-likeness (QED) is 0.203. The lowest BCUT2D eigenvalue weighted by molar-refractivity contribution is 0.144. The Hall–Kier alpha value is -4.54. The summed E-state index contributed by atoms with van der Waals surface area (Å²) in [7, 11) is 0. The summed E-state index contributed by atoms with van der Waals surface area (Å²) in [5.74, 6) is 0. The van der Waals surface area contributed by atoms with Crippen LogP contribution in [0.4, 0.5) is 11.4 Å². The highest BCUT2D eigenvalue weighted by Gasteiger charge is 2.34. The monoisotopic (exact) mass is 819 g/mol. The van der Waals surface area contributed by atoms with Crippen LogP contribution >= 0.6 is 0 Å². The summed E-state index contributed by atoms with van der Waals surface area (Å²) in [6.45, 7) is 38.6. The number of benzene rings is 4. The van der Waals surface area contributed by atoms with Gasteiger partial charge in [-0.25, -0.2) is 0 Å². The zero-order valence-corrected chi connectivity index (χ0v) is 40.2. The van der Waals surface area contributed by atoms with Crippen LogP contribution < -0.4 is 9.80 Å². The van der Waals surface area contributed by atoms with Gasteiger partial charge in [-0.15, -0.1) is 0 Å². The van der Waals surface area contributed by atoms with E-state index in [4.69, 9.17) is 0 Å². The molecule has 0 aliphatic carbocycles. The van der Waals surface area contributed by atoms with Crippen LogP contribution in [0.25, 0.3) is 12.2 Å². The molecular formula is C56H86N4. The van der Waals surface area contributed by atoms with Crippen LogP contribution in [0.1, 0.15) is 150 Å². The Morgan fingerprint density at radius 2 is 1.05 bits per heavy atom.